The second-order valence-corrected chi connectivity index (χ2v) is 10.3. The molecule has 2 fully saturated rings. The van der Waals surface area contributed by atoms with Crippen LogP contribution < -0.4 is 5.32 Å². The van der Waals surface area contributed by atoms with Gasteiger partial charge in [0.05, 0.1) is 17.7 Å². The number of rotatable bonds is 4. The Morgan fingerprint density at radius 2 is 1.64 bits per heavy atom. The number of nitrogens with zero attached hydrogens (tertiary/aromatic N) is 2. The molecule has 1 saturated carbocycles. The van der Waals surface area contributed by atoms with Crippen LogP contribution in [-0.4, -0.2) is 64.4 Å². The number of piperidine rings is 1. The lowest BCUT2D eigenvalue weighted by Crippen LogP contribution is -2.59. The van der Waals surface area contributed by atoms with Gasteiger partial charge in [-0.1, -0.05) is 25.0 Å². The van der Waals surface area contributed by atoms with Crippen LogP contribution in [0.4, 0.5) is 4.79 Å². The van der Waals surface area contributed by atoms with Crippen LogP contribution in [0.1, 0.15) is 80.0 Å². The number of carbonyl (C=O) groups is 4. The van der Waals surface area contributed by atoms with Gasteiger partial charge in [-0.25, -0.2) is 4.79 Å². The van der Waals surface area contributed by atoms with Crippen molar-refractivity contribution in [1.82, 2.24) is 15.1 Å². The summed E-state index contributed by atoms with van der Waals surface area (Å²) in [6.45, 7) is 5.62. The van der Waals surface area contributed by atoms with Crippen LogP contribution >= 0.6 is 0 Å². The summed E-state index contributed by atoms with van der Waals surface area (Å²) in [5, 5.41) is 2.66. The fourth-order valence-electron chi connectivity index (χ4n) is 5.32. The van der Waals surface area contributed by atoms with Crippen LogP contribution in [0.3, 0.4) is 0 Å². The monoisotopic (exact) mass is 455 g/mol. The molecule has 1 N–H and O–H groups in total. The first kappa shape index (κ1) is 23.3. The highest BCUT2D eigenvalue weighted by atomic mass is 16.6. The van der Waals surface area contributed by atoms with Crippen molar-refractivity contribution in [2.75, 3.05) is 13.1 Å². The molecule has 178 valence electrons. The summed E-state index contributed by atoms with van der Waals surface area (Å²) in [7, 11) is 0. The smallest absolute Gasteiger partial charge is 0.408 e. The molecule has 0 radical (unpaired) electrons. The van der Waals surface area contributed by atoms with Gasteiger partial charge in [0.2, 0.25) is 5.91 Å². The number of fused-ring (bicyclic) bond motifs is 2. The Labute approximate surface area is 194 Å². The first-order valence-electron chi connectivity index (χ1n) is 11.9. The molecule has 4 rings (SSSR count). The standard InChI is InChI=1S/C25H33N3O5/c1-25(2,3)33-24(32)26-19(15-28-21(29)17-11-5-6-12-18(17)22(28)30)23(31)27-14-8-10-16-9-4-7-13-20(16)27/h5-6,11-12,16,19-20H,4,7-10,13-15H2,1-3H3,(H,26,32)/t16-,19-,20+/m1/s1. The van der Waals surface area contributed by atoms with Crippen molar-refractivity contribution in [3.05, 3.63) is 35.4 Å². The normalized spacial score (nSPS) is 23.6. The third-order valence-corrected chi connectivity index (χ3v) is 6.76. The highest BCUT2D eigenvalue weighted by Gasteiger charge is 2.42. The molecule has 8 heteroatoms. The molecular formula is C25H33N3O5. The number of imide groups is 1. The maximum absolute atomic E-state index is 13.7. The Bertz CT molecular complexity index is 917. The Morgan fingerprint density at radius 1 is 1.03 bits per heavy atom. The molecule has 8 nitrogen and oxygen atoms in total. The van der Waals surface area contributed by atoms with Gasteiger partial charge in [0, 0.05) is 12.6 Å². The van der Waals surface area contributed by atoms with Crippen molar-refractivity contribution in [1.29, 1.82) is 0 Å². The van der Waals surface area contributed by atoms with E-state index in [1.54, 1.807) is 45.0 Å². The predicted octanol–water partition coefficient (Wildman–Crippen LogP) is 3.36. The number of carbonyl (C=O) groups excluding carboxylic acids is 4. The molecule has 1 saturated heterocycles. The summed E-state index contributed by atoms with van der Waals surface area (Å²) >= 11 is 0. The second kappa shape index (κ2) is 9.15. The zero-order valence-electron chi connectivity index (χ0n) is 19.6. The lowest BCUT2D eigenvalue weighted by Gasteiger charge is -2.45. The first-order chi connectivity index (χ1) is 15.7. The number of hydrogen-bond acceptors (Lipinski definition) is 5. The number of nitrogens with one attached hydrogen (secondary N) is 1. The van der Waals surface area contributed by atoms with E-state index in [2.05, 4.69) is 5.32 Å². The van der Waals surface area contributed by atoms with Crippen molar-refractivity contribution >= 4 is 23.8 Å². The lowest BCUT2D eigenvalue weighted by molar-refractivity contribution is -0.140. The van der Waals surface area contributed by atoms with Gasteiger partial charge in [0.25, 0.3) is 11.8 Å². The highest BCUT2D eigenvalue weighted by Crippen LogP contribution is 2.35. The van der Waals surface area contributed by atoms with Crippen LogP contribution in [0, 0.1) is 5.92 Å². The number of alkyl carbamates (subject to hydrolysis) is 1. The van der Waals surface area contributed by atoms with Crippen molar-refractivity contribution in [2.24, 2.45) is 5.92 Å². The summed E-state index contributed by atoms with van der Waals surface area (Å²) < 4.78 is 5.38. The Balaban J connectivity index is 1.57. The summed E-state index contributed by atoms with van der Waals surface area (Å²) in [5.74, 6) is -0.686. The average molecular weight is 456 g/mol. The van der Waals surface area contributed by atoms with Crippen molar-refractivity contribution in [2.45, 2.75) is 77.0 Å². The predicted molar refractivity (Wildman–Crippen MR) is 122 cm³/mol. The number of amides is 4. The first-order valence-corrected chi connectivity index (χ1v) is 11.9. The van der Waals surface area contributed by atoms with Crippen molar-refractivity contribution in [3.63, 3.8) is 0 Å². The van der Waals surface area contributed by atoms with Crippen LogP contribution in [0.25, 0.3) is 0 Å². The van der Waals surface area contributed by atoms with Gasteiger partial charge in [0.15, 0.2) is 0 Å². The van der Waals surface area contributed by atoms with Gasteiger partial charge < -0.3 is 15.0 Å². The average Bonchev–Trinajstić information content (AvgIpc) is 3.01. The summed E-state index contributed by atoms with van der Waals surface area (Å²) in [4.78, 5) is 55.1. The molecule has 3 aliphatic rings. The molecule has 1 aromatic carbocycles. The molecule has 33 heavy (non-hydrogen) atoms. The van der Waals surface area contributed by atoms with Crippen LogP contribution in [0.2, 0.25) is 0 Å². The second-order valence-electron chi connectivity index (χ2n) is 10.3. The van der Waals surface area contributed by atoms with Crippen molar-refractivity contribution < 1.29 is 23.9 Å². The van der Waals surface area contributed by atoms with Gasteiger partial charge in [-0.3, -0.25) is 19.3 Å². The maximum atomic E-state index is 13.7. The van der Waals surface area contributed by atoms with E-state index in [-0.39, 0.29) is 18.5 Å². The topological polar surface area (TPSA) is 96.0 Å². The van der Waals surface area contributed by atoms with Crippen LogP contribution in [-0.2, 0) is 9.53 Å². The van der Waals surface area contributed by atoms with E-state index in [4.69, 9.17) is 4.74 Å². The highest BCUT2D eigenvalue weighted by molar-refractivity contribution is 6.21. The molecule has 0 aromatic heterocycles. The van der Waals surface area contributed by atoms with E-state index >= 15 is 0 Å². The largest absolute Gasteiger partial charge is 0.444 e. The quantitative estimate of drug-likeness (QED) is 0.703. The summed E-state index contributed by atoms with van der Waals surface area (Å²) in [5.41, 5.74) is -0.111. The fourth-order valence-corrected chi connectivity index (χ4v) is 5.32. The molecular weight excluding hydrogens is 422 g/mol. The van der Waals surface area contributed by atoms with E-state index < -0.39 is 29.6 Å². The number of ether oxygens (including phenoxy) is 1. The molecule has 2 aliphatic heterocycles. The summed E-state index contributed by atoms with van der Waals surface area (Å²) in [6, 6.07) is 5.68. The maximum Gasteiger partial charge on any atom is 0.408 e. The van der Waals surface area contributed by atoms with Gasteiger partial charge in [-0.05, 0) is 64.5 Å². The Hall–Kier alpha value is -2.90. The number of hydrogen-bond donors (Lipinski definition) is 1. The van der Waals surface area contributed by atoms with E-state index in [9.17, 15) is 19.2 Å². The zero-order valence-corrected chi connectivity index (χ0v) is 19.6. The molecule has 1 aromatic rings. The molecule has 3 atom stereocenters. The van der Waals surface area contributed by atoms with E-state index in [1.807, 2.05) is 4.90 Å². The Kier molecular flexibility index (Phi) is 6.45. The minimum absolute atomic E-state index is 0.144. The van der Waals surface area contributed by atoms with E-state index in [0.717, 1.165) is 37.0 Å². The molecule has 0 bridgehead atoms. The minimum Gasteiger partial charge on any atom is -0.444 e. The van der Waals surface area contributed by atoms with E-state index in [1.165, 1.54) is 6.42 Å². The Morgan fingerprint density at radius 3 is 2.27 bits per heavy atom. The molecule has 0 unspecified atom stereocenters. The number of benzene rings is 1. The van der Waals surface area contributed by atoms with Crippen LogP contribution in [0.15, 0.2) is 24.3 Å². The number of likely N-dealkylation sites (tertiary alicyclic amines) is 1. The molecule has 4 amide bonds. The SMILES string of the molecule is CC(C)(C)OC(=O)N[C@H](CN1C(=O)c2ccccc2C1=O)C(=O)N1CCC[C@H]2CCCC[C@@H]21. The minimum atomic E-state index is -1.07. The molecule has 0 spiro atoms. The van der Waals surface area contributed by atoms with Crippen LogP contribution in [0.5, 0.6) is 0 Å². The lowest BCUT2D eigenvalue weighted by atomic mass is 9.78. The van der Waals surface area contributed by atoms with Gasteiger partial charge in [-0.2, -0.15) is 0 Å². The third-order valence-electron chi connectivity index (χ3n) is 6.76. The molecule has 2 heterocycles. The van der Waals surface area contributed by atoms with Crippen molar-refractivity contribution in [3.8, 4) is 0 Å². The molecule has 1 aliphatic carbocycles. The van der Waals surface area contributed by atoms with E-state index in [0.29, 0.717) is 23.6 Å². The fraction of sp³-hybridized carbons (Fsp3) is 0.600. The summed E-state index contributed by atoms with van der Waals surface area (Å²) in [6.07, 6.45) is 5.59. The third kappa shape index (κ3) is 4.89. The van der Waals surface area contributed by atoms with Gasteiger partial charge in [-0.15, -0.1) is 0 Å². The zero-order chi connectivity index (χ0) is 23.8. The van der Waals surface area contributed by atoms with Gasteiger partial charge in [0.1, 0.15) is 11.6 Å². The van der Waals surface area contributed by atoms with Gasteiger partial charge >= 0.3 is 6.09 Å².